The molecule has 3 aromatic rings. The Labute approximate surface area is 191 Å². The molecule has 3 aromatic carbocycles. The molecule has 1 aliphatic heterocycles. The molecule has 3 atom stereocenters. The monoisotopic (exact) mass is 424 g/mol. The average Bonchev–Trinajstić information content (AvgIpc) is 3.32. The third kappa shape index (κ3) is 4.12. The molecule has 0 aromatic heterocycles. The fourth-order valence-corrected chi connectivity index (χ4v) is 5.13. The summed E-state index contributed by atoms with van der Waals surface area (Å²) < 4.78 is 6.32. The highest BCUT2D eigenvalue weighted by Gasteiger charge is 2.38. The van der Waals surface area contributed by atoms with Gasteiger partial charge in [-0.1, -0.05) is 66.7 Å². The van der Waals surface area contributed by atoms with Gasteiger partial charge in [0.1, 0.15) is 5.75 Å². The van der Waals surface area contributed by atoms with Crippen LogP contribution in [0.5, 0.6) is 5.75 Å². The molecule has 3 unspecified atom stereocenters. The van der Waals surface area contributed by atoms with E-state index in [2.05, 4.69) is 109 Å². The molecule has 3 nitrogen and oxygen atoms in total. The number of hydrogen-bond acceptors (Lipinski definition) is 3. The fourth-order valence-electron chi connectivity index (χ4n) is 5.13. The molecule has 2 aliphatic rings. The van der Waals surface area contributed by atoms with Crippen LogP contribution in [-0.4, -0.2) is 20.7 Å². The van der Waals surface area contributed by atoms with Gasteiger partial charge in [-0.25, -0.2) is 0 Å². The molecule has 0 spiro atoms. The zero-order valence-corrected chi connectivity index (χ0v) is 19.0. The van der Waals surface area contributed by atoms with E-state index in [1.807, 2.05) is 0 Å². The van der Waals surface area contributed by atoms with Crippen molar-refractivity contribution in [3.63, 3.8) is 0 Å². The summed E-state index contributed by atoms with van der Waals surface area (Å²) >= 11 is 0. The third-order valence-corrected chi connectivity index (χ3v) is 6.84. The lowest BCUT2D eigenvalue weighted by atomic mass is 9.77. The van der Waals surface area contributed by atoms with E-state index in [0.29, 0.717) is 11.8 Å². The number of allylic oxidation sites excluding steroid dienone is 2. The van der Waals surface area contributed by atoms with Crippen LogP contribution in [0.15, 0.2) is 84.9 Å². The molecule has 0 saturated carbocycles. The van der Waals surface area contributed by atoms with Crippen molar-refractivity contribution in [2.75, 3.05) is 30.9 Å². The number of para-hydroxylation sites is 1. The zero-order valence-electron chi connectivity index (χ0n) is 19.0. The van der Waals surface area contributed by atoms with Crippen molar-refractivity contribution in [1.29, 1.82) is 0 Å². The summed E-state index contributed by atoms with van der Waals surface area (Å²) in [5, 5.41) is 3.88. The lowest BCUT2D eigenvalue weighted by Crippen LogP contribution is -2.29. The smallest absolute Gasteiger partial charge is 0.142 e. The third-order valence-electron chi connectivity index (χ3n) is 6.84. The molecule has 0 amide bonds. The van der Waals surface area contributed by atoms with Gasteiger partial charge in [-0.3, -0.25) is 0 Å². The first-order valence-electron chi connectivity index (χ1n) is 11.7. The van der Waals surface area contributed by atoms with E-state index in [1.54, 1.807) is 0 Å². The van der Waals surface area contributed by atoms with Gasteiger partial charge in [0.15, 0.2) is 0 Å². The van der Waals surface area contributed by atoms with Crippen LogP contribution in [0.2, 0.25) is 0 Å². The second-order valence-corrected chi connectivity index (χ2v) is 9.12. The fraction of sp³-hybridized carbons (Fsp3) is 0.310. The van der Waals surface area contributed by atoms with E-state index < -0.39 is 0 Å². The average molecular weight is 425 g/mol. The Balaban J connectivity index is 1.35. The molecule has 0 fully saturated rings. The topological polar surface area (TPSA) is 24.5 Å². The van der Waals surface area contributed by atoms with Crippen molar-refractivity contribution < 1.29 is 4.74 Å². The summed E-state index contributed by atoms with van der Waals surface area (Å²) in [5.74, 6) is 1.96. The van der Waals surface area contributed by atoms with Crippen LogP contribution in [0.1, 0.15) is 41.5 Å². The molecule has 32 heavy (non-hydrogen) atoms. The van der Waals surface area contributed by atoms with Gasteiger partial charge in [-0.15, -0.1) is 0 Å². The predicted octanol–water partition coefficient (Wildman–Crippen LogP) is 6.59. The minimum atomic E-state index is 0.285. The summed E-state index contributed by atoms with van der Waals surface area (Å²) in [6.07, 6.45) is 7.90. The number of aryl methyl sites for hydroxylation is 1. The molecule has 0 saturated heterocycles. The number of nitrogens with zero attached hydrogens (tertiary/aromatic N) is 1. The molecule has 1 heterocycles. The second-order valence-electron chi connectivity index (χ2n) is 9.12. The molecule has 1 N–H and O–H groups in total. The van der Waals surface area contributed by atoms with Crippen molar-refractivity contribution in [2.45, 2.75) is 31.2 Å². The lowest BCUT2D eigenvalue weighted by molar-refractivity contribution is 0.309. The number of fused-ring (bicyclic) bond motifs is 3. The molecular formula is C29H32N2O. The Morgan fingerprint density at radius 1 is 0.938 bits per heavy atom. The molecule has 0 bridgehead atoms. The summed E-state index contributed by atoms with van der Waals surface area (Å²) in [6.45, 7) is 0.721. The molecule has 1 aliphatic carbocycles. The first-order chi connectivity index (χ1) is 15.7. The molecule has 3 heteroatoms. The van der Waals surface area contributed by atoms with Gasteiger partial charge < -0.3 is 15.0 Å². The standard InChI is InChI=1S/C29H32N2O/c1-31(2)23-18-16-22(17-19-23)28-25-13-6-12-24(25)26-14-7-15-27(29(26)30-28)32-20-8-11-21-9-4-3-5-10-21/h3-7,9-10,12,14-19,24-25,28,30H,8,11,13,20H2,1-2H3. The van der Waals surface area contributed by atoms with Crippen LogP contribution in [0.3, 0.4) is 0 Å². The number of hydrogen-bond donors (Lipinski definition) is 1. The first kappa shape index (κ1) is 20.7. The molecular weight excluding hydrogens is 392 g/mol. The van der Waals surface area contributed by atoms with Crippen LogP contribution >= 0.6 is 0 Å². The number of anilines is 2. The largest absolute Gasteiger partial charge is 0.491 e. The Bertz CT molecular complexity index is 1070. The zero-order chi connectivity index (χ0) is 21.9. The maximum absolute atomic E-state index is 6.32. The van der Waals surface area contributed by atoms with Gasteiger partial charge in [0.2, 0.25) is 0 Å². The van der Waals surface area contributed by atoms with Crippen LogP contribution in [0, 0.1) is 5.92 Å². The van der Waals surface area contributed by atoms with Gasteiger partial charge >= 0.3 is 0 Å². The van der Waals surface area contributed by atoms with E-state index in [9.17, 15) is 0 Å². The summed E-state index contributed by atoms with van der Waals surface area (Å²) in [5.41, 5.74) is 6.48. The van der Waals surface area contributed by atoms with E-state index in [1.165, 1.54) is 28.1 Å². The van der Waals surface area contributed by atoms with Crippen molar-refractivity contribution in [2.24, 2.45) is 5.92 Å². The maximum atomic E-state index is 6.32. The van der Waals surface area contributed by atoms with Crippen LogP contribution in [-0.2, 0) is 6.42 Å². The van der Waals surface area contributed by atoms with Gasteiger partial charge in [0, 0.05) is 25.7 Å². The number of rotatable bonds is 7. The number of ether oxygens (including phenoxy) is 1. The van der Waals surface area contributed by atoms with Gasteiger partial charge in [0.05, 0.1) is 18.3 Å². The Hall–Kier alpha value is -3.20. The van der Waals surface area contributed by atoms with Crippen molar-refractivity contribution in [3.8, 4) is 5.75 Å². The Kier molecular flexibility index (Phi) is 5.89. The lowest BCUT2D eigenvalue weighted by Gasteiger charge is -2.38. The second kappa shape index (κ2) is 9.12. The Morgan fingerprint density at radius 3 is 2.53 bits per heavy atom. The number of benzene rings is 3. The van der Waals surface area contributed by atoms with Gasteiger partial charge in [-0.05, 0) is 60.1 Å². The minimum absolute atomic E-state index is 0.285. The Morgan fingerprint density at radius 2 is 1.75 bits per heavy atom. The highest BCUT2D eigenvalue weighted by molar-refractivity contribution is 5.68. The van der Waals surface area contributed by atoms with Crippen LogP contribution < -0.4 is 15.0 Å². The summed E-state index contributed by atoms with van der Waals surface area (Å²) in [4.78, 5) is 2.15. The van der Waals surface area contributed by atoms with E-state index >= 15 is 0 Å². The van der Waals surface area contributed by atoms with Crippen LogP contribution in [0.4, 0.5) is 11.4 Å². The normalized spacial score (nSPS) is 20.9. The van der Waals surface area contributed by atoms with E-state index in [0.717, 1.165) is 31.6 Å². The van der Waals surface area contributed by atoms with Gasteiger partial charge in [-0.2, -0.15) is 0 Å². The highest BCUT2D eigenvalue weighted by Crippen LogP contribution is 2.52. The summed E-state index contributed by atoms with van der Waals surface area (Å²) in [7, 11) is 4.17. The number of nitrogens with one attached hydrogen (secondary N) is 1. The predicted molar refractivity (Wildman–Crippen MR) is 134 cm³/mol. The maximum Gasteiger partial charge on any atom is 0.142 e. The van der Waals surface area contributed by atoms with Crippen molar-refractivity contribution in [1.82, 2.24) is 0 Å². The van der Waals surface area contributed by atoms with Gasteiger partial charge in [0.25, 0.3) is 0 Å². The van der Waals surface area contributed by atoms with E-state index in [4.69, 9.17) is 4.74 Å². The SMILES string of the molecule is CN(C)c1ccc(C2Nc3c(OCCCc4ccccc4)cccc3C3C=CCC32)cc1. The summed E-state index contributed by atoms with van der Waals surface area (Å²) in [6, 6.07) is 26.4. The minimum Gasteiger partial charge on any atom is -0.491 e. The first-order valence-corrected chi connectivity index (χ1v) is 11.7. The quantitative estimate of drug-likeness (QED) is 0.342. The van der Waals surface area contributed by atoms with Crippen molar-refractivity contribution >= 4 is 11.4 Å². The molecule has 5 rings (SSSR count). The van der Waals surface area contributed by atoms with Crippen molar-refractivity contribution in [3.05, 3.63) is 102 Å². The highest BCUT2D eigenvalue weighted by atomic mass is 16.5. The molecule has 164 valence electrons. The van der Waals surface area contributed by atoms with Crippen LogP contribution in [0.25, 0.3) is 0 Å². The molecule has 0 radical (unpaired) electrons. The van der Waals surface area contributed by atoms with E-state index in [-0.39, 0.29) is 6.04 Å².